The molecular weight excluding hydrogens is 452 g/mol. The van der Waals surface area contributed by atoms with Crippen molar-refractivity contribution in [1.82, 2.24) is 10.2 Å². The number of phenolic OH excluding ortho intramolecular Hbond substituents is 1. The van der Waals surface area contributed by atoms with Gasteiger partial charge in [-0.1, -0.05) is 34.1 Å². The molecule has 1 atom stereocenters. The van der Waals surface area contributed by atoms with E-state index in [4.69, 9.17) is 8.97 Å². The first-order chi connectivity index (χ1) is 13.2. The lowest BCUT2D eigenvalue weighted by atomic mass is 10.0. The molecule has 0 aliphatic carbocycles. The molecule has 2 N–H and O–H groups in total. The van der Waals surface area contributed by atoms with E-state index >= 15 is 0 Å². The fraction of sp³-hybridized carbons (Fsp3) is 0.167. The normalized spacial score (nSPS) is 12.0. The Morgan fingerprint density at radius 2 is 1.89 bits per heavy atom. The van der Waals surface area contributed by atoms with Crippen LogP contribution in [0.3, 0.4) is 0 Å². The number of aromatic nitrogens is 2. The fourth-order valence-corrected chi connectivity index (χ4v) is 3.18. The van der Waals surface area contributed by atoms with E-state index in [1.807, 2.05) is 13.0 Å². The number of aldehydes is 1. The summed E-state index contributed by atoms with van der Waals surface area (Å²) in [5.74, 6) is -0.767. The van der Waals surface area contributed by atoms with Crippen LogP contribution in [0, 0.1) is 6.92 Å². The number of carbonyl (C=O) groups is 1. The molecule has 148 valence electrons. The molecule has 3 aromatic rings. The molecule has 1 unspecified atom stereocenters. The van der Waals surface area contributed by atoms with Gasteiger partial charge in [-0.25, -0.2) is 0 Å². The topological polar surface area (TPSA) is 131 Å². The summed E-state index contributed by atoms with van der Waals surface area (Å²) >= 11 is 3.22. The van der Waals surface area contributed by atoms with Crippen molar-refractivity contribution in [1.29, 1.82) is 0 Å². The van der Waals surface area contributed by atoms with Gasteiger partial charge in [0, 0.05) is 10.0 Å². The molecule has 0 saturated heterocycles. The van der Waals surface area contributed by atoms with Gasteiger partial charge in [0.15, 0.2) is 0 Å². The summed E-state index contributed by atoms with van der Waals surface area (Å²) < 4.78 is 35.7. The third-order valence-electron chi connectivity index (χ3n) is 3.67. The number of halogens is 1. The number of benzene rings is 2. The van der Waals surface area contributed by atoms with Crippen molar-refractivity contribution in [2.45, 2.75) is 12.8 Å². The smallest absolute Gasteiger partial charge is 0.265 e. The quantitative estimate of drug-likeness (QED) is 0.430. The highest BCUT2D eigenvalue weighted by Gasteiger charge is 2.17. The molecular formula is C18H17BrN2O6S. The number of phenols is 1. The maximum absolute atomic E-state index is 10.7. The Morgan fingerprint density at radius 3 is 2.39 bits per heavy atom. The monoisotopic (exact) mass is 468 g/mol. The first-order valence-electron chi connectivity index (χ1n) is 7.91. The van der Waals surface area contributed by atoms with Crippen LogP contribution in [0.2, 0.25) is 0 Å². The number of rotatable bonds is 5. The molecule has 1 heterocycles. The van der Waals surface area contributed by atoms with Crippen molar-refractivity contribution in [3.63, 3.8) is 0 Å². The molecule has 2 aromatic carbocycles. The van der Waals surface area contributed by atoms with Crippen LogP contribution in [-0.2, 0) is 14.9 Å². The molecule has 3 rings (SSSR count). The minimum Gasteiger partial charge on any atom is -0.508 e. The second-order valence-electron chi connectivity index (χ2n) is 5.79. The van der Waals surface area contributed by atoms with Gasteiger partial charge in [-0.15, -0.1) is 10.2 Å². The number of hydrogen-bond acceptors (Lipinski definition) is 7. The predicted octanol–water partition coefficient (Wildman–Crippen LogP) is 3.37. The van der Waals surface area contributed by atoms with Crippen LogP contribution < -0.4 is 0 Å². The standard InChI is InChI=1S/C9H9BrO4S.C9H8N2O2/c10-9-3-1-7(2-4-9)8(5-11)6-15(12,13)14;1-6-2-3-7(4-8(6)12)9-11-10-5-13-9/h1-5,8H,6H2,(H,12,13,14);2-5,12H,1H3. The van der Waals surface area contributed by atoms with Crippen molar-refractivity contribution in [2.75, 3.05) is 5.75 Å². The van der Waals surface area contributed by atoms with Crippen LogP contribution in [0.25, 0.3) is 11.5 Å². The Labute approximate surface area is 170 Å². The second kappa shape index (κ2) is 9.58. The van der Waals surface area contributed by atoms with Gasteiger partial charge in [-0.05, 0) is 42.3 Å². The van der Waals surface area contributed by atoms with E-state index < -0.39 is 21.8 Å². The number of hydrogen-bond donors (Lipinski definition) is 2. The summed E-state index contributed by atoms with van der Waals surface area (Å²) in [5.41, 5.74) is 2.11. The van der Waals surface area contributed by atoms with Crippen molar-refractivity contribution >= 4 is 32.3 Å². The summed E-state index contributed by atoms with van der Waals surface area (Å²) in [6, 6.07) is 11.9. The zero-order valence-electron chi connectivity index (χ0n) is 14.7. The van der Waals surface area contributed by atoms with E-state index in [2.05, 4.69) is 26.1 Å². The highest BCUT2D eigenvalue weighted by molar-refractivity contribution is 9.10. The molecule has 0 spiro atoms. The third-order valence-corrected chi connectivity index (χ3v) is 4.98. The first kappa shape index (κ1) is 21.7. The highest BCUT2D eigenvalue weighted by atomic mass is 79.9. The molecule has 0 amide bonds. The minimum absolute atomic E-state index is 0.232. The average Bonchev–Trinajstić information content (AvgIpc) is 3.17. The summed E-state index contributed by atoms with van der Waals surface area (Å²) in [4.78, 5) is 10.7. The summed E-state index contributed by atoms with van der Waals surface area (Å²) in [7, 11) is -4.14. The lowest BCUT2D eigenvalue weighted by Gasteiger charge is -2.08. The number of carbonyl (C=O) groups excluding carboxylic acids is 1. The van der Waals surface area contributed by atoms with Crippen molar-refractivity contribution in [3.05, 3.63) is 64.5 Å². The van der Waals surface area contributed by atoms with Crippen molar-refractivity contribution < 1.29 is 27.3 Å². The van der Waals surface area contributed by atoms with E-state index in [1.165, 1.54) is 6.39 Å². The Morgan fingerprint density at radius 1 is 1.21 bits per heavy atom. The Kier molecular flexibility index (Phi) is 7.44. The maximum atomic E-state index is 10.7. The van der Waals surface area contributed by atoms with Gasteiger partial charge in [0.1, 0.15) is 12.0 Å². The average molecular weight is 469 g/mol. The zero-order valence-corrected chi connectivity index (χ0v) is 17.1. The van der Waals surface area contributed by atoms with Gasteiger partial charge in [0.2, 0.25) is 12.3 Å². The summed E-state index contributed by atoms with van der Waals surface area (Å²) in [6.07, 6.45) is 1.77. The van der Waals surface area contributed by atoms with Crippen LogP contribution in [0.15, 0.2) is 57.7 Å². The van der Waals surface area contributed by atoms with Gasteiger partial charge in [0.05, 0.1) is 11.7 Å². The van der Waals surface area contributed by atoms with Crippen molar-refractivity contribution in [3.8, 4) is 17.2 Å². The van der Waals surface area contributed by atoms with Crippen LogP contribution in [0.4, 0.5) is 0 Å². The van der Waals surface area contributed by atoms with E-state index in [0.717, 1.165) is 15.6 Å². The molecule has 0 aliphatic heterocycles. The molecule has 10 heteroatoms. The Hall–Kier alpha value is -2.56. The minimum atomic E-state index is -4.14. The van der Waals surface area contributed by atoms with Gasteiger partial charge in [0.25, 0.3) is 10.1 Å². The summed E-state index contributed by atoms with van der Waals surface area (Å²) in [5, 5.41) is 16.7. The van der Waals surface area contributed by atoms with Crippen LogP contribution >= 0.6 is 15.9 Å². The maximum Gasteiger partial charge on any atom is 0.265 e. The number of aryl methyl sites for hydroxylation is 1. The predicted molar refractivity (Wildman–Crippen MR) is 105 cm³/mol. The fourth-order valence-electron chi connectivity index (χ4n) is 2.19. The number of nitrogens with zero attached hydrogens (tertiary/aromatic N) is 2. The van der Waals surface area contributed by atoms with E-state index in [1.54, 1.807) is 36.4 Å². The van der Waals surface area contributed by atoms with Crippen LogP contribution in [-0.4, -0.2) is 40.3 Å². The molecule has 0 radical (unpaired) electrons. The van der Waals surface area contributed by atoms with E-state index in [9.17, 15) is 18.3 Å². The molecule has 8 nitrogen and oxygen atoms in total. The van der Waals surface area contributed by atoms with Gasteiger partial charge < -0.3 is 14.3 Å². The Balaban J connectivity index is 0.000000202. The third kappa shape index (κ3) is 6.55. The second-order valence-corrected chi connectivity index (χ2v) is 8.20. The zero-order chi connectivity index (χ0) is 20.7. The molecule has 0 fully saturated rings. The summed E-state index contributed by atoms with van der Waals surface area (Å²) in [6.45, 7) is 1.83. The first-order valence-corrected chi connectivity index (χ1v) is 10.3. The lowest BCUT2D eigenvalue weighted by molar-refractivity contribution is -0.108. The van der Waals surface area contributed by atoms with Crippen LogP contribution in [0.1, 0.15) is 17.0 Å². The van der Waals surface area contributed by atoms with Gasteiger partial charge >= 0.3 is 0 Å². The van der Waals surface area contributed by atoms with Gasteiger partial charge in [-0.3, -0.25) is 4.55 Å². The molecule has 0 aliphatic rings. The molecule has 0 bridgehead atoms. The Bertz CT molecular complexity index is 1020. The SMILES string of the molecule is Cc1ccc(-c2nnco2)cc1O.O=CC(CS(=O)(=O)O)c1ccc(Br)cc1. The van der Waals surface area contributed by atoms with E-state index in [0.29, 0.717) is 17.7 Å². The number of aromatic hydroxyl groups is 1. The molecule has 1 aromatic heterocycles. The largest absolute Gasteiger partial charge is 0.508 e. The molecule has 0 saturated carbocycles. The molecule has 28 heavy (non-hydrogen) atoms. The lowest BCUT2D eigenvalue weighted by Crippen LogP contribution is -2.14. The van der Waals surface area contributed by atoms with E-state index in [-0.39, 0.29) is 5.75 Å². The highest BCUT2D eigenvalue weighted by Crippen LogP contribution is 2.24. The van der Waals surface area contributed by atoms with Crippen molar-refractivity contribution in [2.24, 2.45) is 0 Å². The van der Waals surface area contributed by atoms with Crippen LogP contribution in [0.5, 0.6) is 5.75 Å². The van der Waals surface area contributed by atoms with Gasteiger partial charge in [-0.2, -0.15) is 8.42 Å².